The summed E-state index contributed by atoms with van der Waals surface area (Å²) in [7, 11) is 1.67. The lowest BCUT2D eigenvalue weighted by Crippen LogP contribution is -2.52. The Labute approximate surface area is 261 Å². The Kier molecular flexibility index (Phi) is 13.8. The molecular weight excluding hydrogens is 587 g/mol. The molecule has 0 aliphatic carbocycles. The number of amides is 4. The molecule has 2 aromatic heterocycles. The molecule has 0 spiro atoms. The molecular formula is C30H43N7O4S2. The van der Waals surface area contributed by atoms with Crippen molar-refractivity contribution in [3.05, 3.63) is 68.6 Å². The minimum Gasteiger partial charge on any atom is -0.444 e. The highest BCUT2D eigenvalue weighted by Crippen LogP contribution is 2.20. The number of nitrogens with one attached hydrogen (secondary N) is 3. The van der Waals surface area contributed by atoms with E-state index < -0.39 is 12.1 Å². The fraction of sp³-hybridized carbons (Fsp3) is 0.500. The van der Waals surface area contributed by atoms with Crippen LogP contribution >= 0.6 is 22.7 Å². The van der Waals surface area contributed by atoms with Crippen molar-refractivity contribution in [2.75, 3.05) is 13.6 Å². The number of urea groups is 1. The molecule has 0 bridgehead atoms. The van der Waals surface area contributed by atoms with Crippen LogP contribution in [-0.2, 0) is 29.1 Å². The maximum atomic E-state index is 13.1. The third-order valence-corrected chi connectivity index (χ3v) is 8.64. The van der Waals surface area contributed by atoms with Gasteiger partial charge in [0.1, 0.15) is 12.6 Å². The fourth-order valence-corrected chi connectivity index (χ4v) is 5.65. The molecule has 1 aromatic carbocycles. The zero-order chi connectivity index (χ0) is 31.2. The van der Waals surface area contributed by atoms with E-state index in [2.05, 4.69) is 39.8 Å². The van der Waals surface area contributed by atoms with Gasteiger partial charge in [0.25, 0.3) is 0 Å². The zero-order valence-electron chi connectivity index (χ0n) is 25.2. The Morgan fingerprint density at radius 1 is 1.02 bits per heavy atom. The topological polar surface area (TPSA) is 152 Å². The van der Waals surface area contributed by atoms with E-state index in [1.807, 2.05) is 42.6 Å². The number of hydrogen-bond acceptors (Lipinski definition) is 9. The molecule has 234 valence electrons. The Bertz CT molecular complexity index is 1270. The first-order chi connectivity index (χ1) is 20.6. The normalized spacial score (nSPS) is 13.2. The van der Waals surface area contributed by atoms with E-state index in [1.165, 1.54) is 16.2 Å². The van der Waals surface area contributed by atoms with Crippen molar-refractivity contribution in [3.63, 3.8) is 0 Å². The molecule has 43 heavy (non-hydrogen) atoms. The van der Waals surface area contributed by atoms with E-state index in [9.17, 15) is 14.4 Å². The maximum Gasteiger partial charge on any atom is 0.407 e. The molecule has 0 radical (unpaired) electrons. The lowest BCUT2D eigenvalue weighted by atomic mass is 9.99. The molecule has 0 aliphatic heterocycles. The zero-order valence-corrected chi connectivity index (χ0v) is 26.9. The van der Waals surface area contributed by atoms with Crippen molar-refractivity contribution >= 4 is 40.7 Å². The average Bonchev–Trinajstić information content (AvgIpc) is 3.68. The Morgan fingerprint density at radius 3 is 2.44 bits per heavy atom. The molecule has 5 N–H and O–H groups in total. The van der Waals surface area contributed by atoms with Crippen molar-refractivity contribution < 1.29 is 19.1 Å². The predicted molar refractivity (Wildman–Crippen MR) is 170 cm³/mol. The molecule has 4 amide bonds. The number of hydrogen-bond donors (Lipinski definition) is 4. The van der Waals surface area contributed by atoms with Gasteiger partial charge in [0.2, 0.25) is 5.91 Å². The standard InChI is InChI=1S/C30H43N7O4S2/c1-20(2)28-34-24(18-42-28)16-37(4)29(39)36-26(12-13-31)27(38)33-21(3)10-11-23(14-22-8-6-5-7-9-22)35-30(40)41-17-25-15-32-19-43-25/h5-9,15,18-21,23,26H,10-14,16-17,31H2,1-4H3,(H,33,38)(H,35,40)(H,36,39)/t21-,23+,26-/m0/s1. The summed E-state index contributed by atoms with van der Waals surface area (Å²) < 4.78 is 5.38. The number of nitrogens with two attached hydrogens (primary N) is 1. The van der Waals surface area contributed by atoms with Gasteiger partial charge in [-0.2, -0.15) is 0 Å². The SMILES string of the molecule is CC(C)c1nc(CN(C)C(=O)N[C@@H](CCN)C(=O)N[C@@H](C)CC[C@H](Cc2ccccc2)NC(=O)OCc2cncs2)cs1. The number of carbonyl (C=O) groups excluding carboxylic acids is 3. The lowest BCUT2D eigenvalue weighted by Gasteiger charge is -2.25. The van der Waals surface area contributed by atoms with Crippen molar-refractivity contribution in [2.45, 2.75) is 83.6 Å². The summed E-state index contributed by atoms with van der Waals surface area (Å²) in [5, 5.41) is 11.8. The summed E-state index contributed by atoms with van der Waals surface area (Å²) in [4.78, 5) is 49.5. The van der Waals surface area contributed by atoms with Crippen LogP contribution in [0.2, 0.25) is 0 Å². The number of aromatic nitrogens is 2. The van der Waals surface area contributed by atoms with Crippen LogP contribution in [0, 0.1) is 0 Å². The first-order valence-electron chi connectivity index (χ1n) is 14.5. The largest absolute Gasteiger partial charge is 0.444 e. The molecule has 11 nitrogen and oxygen atoms in total. The number of rotatable bonds is 16. The summed E-state index contributed by atoms with van der Waals surface area (Å²) in [6, 6.07) is 8.33. The van der Waals surface area contributed by atoms with Crippen LogP contribution in [0.1, 0.15) is 67.1 Å². The smallest absolute Gasteiger partial charge is 0.407 e. The van der Waals surface area contributed by atoms with Crippen molar-refractivity contribution in [2.24, 2.45) is 5.73 Å². The van der Waals surface area contributed by atoms with Crippen LogP contribution in [0.4, 0.5) is 9.59 Å². The van der Waals surface area contributed by atoms with E-state index in [-0.39, 0.29) is 37.2 Å². The number of benzene rings is 1. The highest BCUT2D eigenvalue weighted by Gasteiger charge is 2.24. The molecule has 3 atom stereocenters. The van der Waals surface area contributed by atoms with Crippen LogP contribution < -0.4 is 21.7 Å². The third kappa shape index (κ3) is 11.9. The summed E-state index contributed by atoms with van der Waals surface area (Å²) in [5.74, 6) is 0.0249. The molecule has 0 saturated heterocycles. The van der Waals surface area contributed by atoms with Gasteiger partial charge in [-0.05, 0) is 44.7 Å². The average molecular weight is 630 g/mol. The summed E-state index contributed by atoms with van der Waals surface area (Å²) in [6.07, 6.45) is 3.30. The highest BCUT2D eigenvalue weighted by atomic mass is 32.1. The Hall–Kier alpha value is -3.55. The van der Waals surface area contributed by atoms with Gasteiger partial charge in [-0.1, -0.05) is 44.2 Å². The molecule has 0 fully saturated rings. The van der Waals surface area contributed by atoms with Crippen molar-refractivity contribution in [1.29, 1.82) is 0 Å². The van der Waals surface area contributed by atoms with Crippen LogP contribution in [0.3, 0.4) is 0 Å². The van der Waals surface area contributed by atoms with E-state index in [0.29, 0.717) is 38.1 Å². The first-order valence-corrected chi connectivity index (χ1v) is 16.2. The minimum atomic E-state index is -0.774. The van der Waals surface area contributed by atoms with E-state index >= 15 is 0 Å². The van der Waals surface area contributed by atoms with Crippen LogP contribution in [0.5, 0.6) is 0 Å². The van der Waals surface area contributed by atoms with Gasteiger partial charge in [-0.25, -0.2) is 14.6 Å². The molecule has 13 heteroatoms. The van der Waals surface area contributed by atoms with Gasteiger partial charge in [-0.15, -0.1) is 22.7 Å². The minimum absolute atomic E-state index is 0.160. The van der Waals surface area contributed by atoms with Gasteiger partial charge in [0, 0.05) is 36.6 Å². The second kappa shape index (κ2) is 17.5. The van der Waals surface area contributed by atoms with Gasteiger partial charge in [-0.3, -0.25) is 9.78 Å². The molecule has 2 heterocycles. The molecule has 0 aliphatic rings. The maximum absolute atomic E-state index is 13.1. The summed E-state index contributed by atoms with van der Waals surface area (Å²) >= 11 is 3.00. The van der Waals surface area contributed by atoms with Gasteiger partial charge >= 0.3 is 12.1 Å². The van der Waals surface area contributed by atoms with Crippen LogP contribution in [-0.4, -0.2) is 64.6 Å². The van der Waals surface area contributed by atoms with E-state index in [1.54, 1.807) is 30.1 Å². The molecule has 3 rings (SSSR count). The van der Waals surface area contributed by atoms with Crippen molar-refractivity contribution in [1.82, 2.24) is 30.8 Å². The number of thiazole rings is 2. The molecule has 3 aromatic rings. The number of ether oxygens (including phenoxy) is 1. The number of nitrogens with zero attached hydrogens (tertiary/aromatic N) is 3. The lowest BCUT2D eigenvalue weighted by molar-refractivity contribution is -0.123. The second-order valence-electron chi connectivity index (χ2n) is 10.8. The monoisotopic (exact) mass is 629 g/mol. The fourth-order valence-electron chi connectivity index (χ4n) is 4.32. The first kappa shape index (κ1) is 33.9. The quantitative estimate of drug-likeness (QED) is 0.183. The van der Waals surface area contributed by atoms with Crippen LogP contribution in [0.25, 0.3) is 0 Å². The highest BCUT2D eigenvalue weighted by molar-refractivity contribution is 7.09. The number of alkyl carbamates (subject to hydrolysis) is 1. The second-order valence-corrected chi connectivity index (χ2v) is 12.7. The molecule has 0 saturated carbocycles. The molecule has 0 unspecified atom stereocenters. The van der Waals surface area contributed by atoms with Gasteiger partial charge < -0.3 is 31.3 Å². The van der Waals surface area contributed by atoms with Gasteiger partial charge in [0.15, 0.2) is 0 Å². The van der Waals surface area contributed by atoms with Crippen molar-refractivity contribution in [3.8, 4) is 0 Å². The summed E-state index contributed by atoms with van der Waals surface area (Å²) in [5.41, 5.74) is 9.36. The summed E-state index contributed by atoms with van der Waals surface area (Å²) in [6.45, 7) is 6.80. The predicted octanol–water partition coefficient (Wildman–Crippen LogP) is 4.40. The number of carbonyl (C=O) groups is 3. The Morgan fingerprint density at radius 2 is 1.79 bits per heavy atom. The van der Waals surface area contributed by atoms with E-state index in [0.717, 1.165) is 21.1 Å². The third-order valence-electron chi connectivity index (χ3n) is 6.69. The van der Waals surface area contributed by atoms with Crippen LogP contribution in [0.15, 0.2) is 47.4 Å². The van der Waals surface area contributed by atoms with Gasteiger partial charge in [0.05, 0.1) is 27.6 Å². The Balaban J connectivity index is 1.51. The van der Waals surface area contributed by atoms with E-state index in [4.69, 9.17) is 10.5 Å².